The molecule has 0 aromatic heterocycles. The molecule has 17 heteroatoms. The molecular formula is C30H43N7O10. The predicted molar refractivity (Wildman–Crippen MR) is 164 cm³/mol. The molecule has 0 radical (unpaired) electrons. The summed E-state index contributed by atoms with van der Waals surface area (Å²) in [6.07, 6.45) is -1.30. The van der Waals surface area contributed by atoms with Gasteiger partial charge >= 0.3 is 5.97 Å². The highest BCUT2D eigenvalue weighted by Gasteiger charge is 2.43. The lowest BCUT2D eigenvalue weighted by molar-refractivity contribution is -0.144. The van der Waals surface area contributed by atoms with Gasteiger partial charge in [0.05, 0.1) is 19.3 Å². The van der Waals surface area contributed by atoms with Crippen LogP contribution in [0, 0.1) is 0 Å². The van der Waals surface area contributed by atoms with Gasteiger partial charge in [-0.3, -0.25) is 33.6 Å². The molecule has 17 nitrogen and oxygen atoms in total. The SMILES string of the molecule is NCCCC[C@H]1NC(=O)[C@H](Cc2ccccc2)NC(=O)CNC(=O)[C@H](CO)NC(=O)[C@@H]2C[C@@H](O)CN2C(=O)[C@H](CCC(=O)O)NC1=O. The minimum Gasteiger partial charge on any atom is -0.481 e. The van der Waals surface area contributed by atoms with Gasteiger partial charge in [0.1, 0.15) is 30.2 Å². The number of nitrogens with one attached hydrogen (secondary N) is 5. The van der Waals surface area contributed by atoms with E-state index in [4.69, 9.17) is 5.73 Å². The number of carbonyl (C=O) groups is 7. The van der Waals surface area contributed by atoms with Crippen LogP contribution in [-0.4, -0.2) is 124 Å². The lowest BCUT2D eigenvalue weighted by atomic mass is 10.0. The van der Waals surface area contributed by atoms with E-state index < -0.39 is 97.3 Å². The van der Waals surface area contributed by atoms with Gasteiger partial charge in [0.25, 0.3) is 0 Å². The summed E-state index contributed by atoms with van der Waals surface area (Å²) in [5.41, 5.74) is 6.30. The smallest absolute Gasteiger partial charge is 0.303 e. The largest absolute Gasteiger partial charge is 0.481 e. The fourth-order valence-electron chi connectivity index (χ4n) is 5.39. The van der Waals surface area contributed by atoms with Crippen LogP contribution in [0.15, 0.2) is 30.3 Å². The van der Waals surface area contributed by atoms with Gasteiger partial charge in [-0.1, -0.05) is 30.3 Å². The molecule has 2 fully saturated rings. The quantitative estimate of drug-likeness (QED) is 0.110. The van der Waals surface area contributed by atoms with Gasteiger partial charge in [0, 0.05) is 25.8 Å². The molecule has 0 aliphatic carbocycles. The van der Waals surface area contributed by atoms with Crippen LogP contribution >= 0.6 is 0 Å². The molecule has 258 valence electrons. The summed E-state index contributed by atoms with van der Waals surface area (Å²) in [7, 11) is 0. The Kier molecular flexibility index (Phi) is 14.0. The molecule has 6 atom stereocenters. The van der Waals surface area contributed by atoms with E-state index in [0.29, 0.717) is 24.9 Å². The van der Waals surface area contributed by atoms with Crippen molar-refractivity contribution in [2.24, 2.45) is 5.73 Å². The van der Waals surface area contributed by atoms with Gasteiger partial charge in [-0.05, 0) is 37.8 Å². The van der Waals surface area contributed by atoms with E-state index in [1.165, 1.54) is 0 Å². The number of nitrogens with zero attached hydrogens (tertiary/aromatic N) is 1. The van der Waals surface area contributed by atoms with Crippen molar-refractivity contribution in [3.05, 3.63) is 35.9 Å². The maximum atomic E-state index is 13.8. The van der Waals surface area contributed by atoms with E-state index >= 15 is 0 Å². The standard InChI is InChI=1S/C30H43N7O10/c31-11-5-4-8-19-27(44)35-20(9-10-25(41)42)30(47)37-15-18(39)13-23(37)29(46)36-22(16-38)26(43)32-14-24(40)33-21(28(45)34-19)12-17-6-2-1-3-7-17/h1-3,6-7,18-23,38-39H,4-5,8-16,31H2,(H,32,43)(H,33,40)(H,34,45)(H,35,44)(H,36,46)(H,41,42)/t18-,19-,20+,21+,22+,23+/m1/s1. The summed E-state index contributed by atoms with van der Waals surface area (Å²) in [5, 5.41) is 41.8. The van der Waals surface area contributed by atoms with Crippen LogP contribution in [0.3, 0.4) is 0 Å². The zero-order valence-corrected chi connectivity index (χ0v) is 25.9. The van der Waals surface area contributed by atoms with Gasteiger partial charge in [-0.15, -0.1) is 0 Å². The number of aliphatic hydroxyl groups is 2. The Balaban J connectivity index is 2.00. The lowest BCUT2D eigenvalue weighted by Crippen LogP contribution is -2.60. The molecule has 47 heavy (non-hydrogen) atoms. The maximum Gasteiger partial charge on any atom is 0.303 e. The van der Waals surface area contributed by atoms with Crippen LogP contribution in [0.2, 0.25) is 0 Å². The number of nitrogens with two attached hydrogens (primary N) is 1. The Morgan fingerprint density at radius 1 is 0.830 bits per heavy atom. The van der Waals surface area contributed by atoms with Crippen molar-refractivity contribution < 1.29 is 48.9 Å². The fraction of sp³-hybridized carbons (Fsp3) is 0.567. The van der Waals surface area contributed by atoms with Crippen LogP contribution in [0.25, 0.3) is 0 Å². The van der Waals surface area contributed by atoms with E-state index in [-0.39, 0.29) is 32.2 Å². The topological polar surface area (TPSA) is 270 Å². The molecule has 0 bridgehead atoms. The number of fused-ring (bicyclic) bond motifs is 1. The predicted octanol–water partition coefficient (Wildman–Crippen LogP) is -3.75. The average Bonchev–Trinajstić information content (AvgIpc) is 3.44. The van der Waals surface area contributed by atoms with Crippen LogP contribution in [0.5, 0.6) is 0 Å². The third-order valence-corrected chi connectivity index (χ3v) is 7.88. The number of aliphatic hydroxyl groups excluding tert-OH is 2. The van der Waals surface area contributed by atoms with Crippen LogP contribution in [-0.2, 0) is 40.0 Å². The summed E-state index contributed by atoms with van der Waals surface area (Å²) < 4.78 is 0. The van der Waals surface area contributed by atoms with Gasteiger partial charge in [-0.25, -0.2) is 0 Å². The zero-order valence-electron chi connectivity index (χ0n) is 25.9. The maximum absolute atomic E-state index is 13.8. The van der Waals surface area contributed by atoms with Gasteiger partial charge in [0.2, 0.25) is 35.4 Å². The average molecular weight is 662 g/mol. The molecule has 0 saturated carbocycles. The van der Waals surface area contributed by atoms with Crippen molar-refractivity contribution in [3.63, 3.8) is 0 Å². The van der Waals surface area contributed by atoms with Gasteiger partial charge < -0.3 is 52.5 Å². The van der Waals surface area contributed by atoms with Crippen LogP contribution in [0.4, 0.5) is 0 Å². The van der Waals surface area contributed by atoms with Crippen molar-refractivity contribution in [3.8, 4) is 0 Å². The number of carbonyl (C=O) groups excluding carboxylic acids is 6. The van der Waals surface area contributed by atoms with Crippen molar-refractivity contribution in [2.75, 3.05) is 26.2 Å². The highest BCUT2D eigenvalue weighted by atomic mass is 16.4. The first-order valence-electron chi connectivity index (χ1n) is 15.5. The van der Waals surface area contributed by atoms with Crippen molar-refractivity contribution >= 4 is 41.4 Å². The first-order chi connectivity index (χ1) is 22.4. The summed E-state index contributed by atoms with van der Waals surface area (Å²) in [4.78, 5) is 92.4. The first-order valence-corrected chi connectivity index (χ1v) is 15.5. The fourth-order valence-corrected chi connectivity index (χ4v) is 5.39. The Morgan fingerprint density at radius 3 is 2.15 bits per heavy atom. The third kappa shape index (κ3) is 11.0. The number of hydrogen-bond acceptors (Lipinski definition) is 10. The number of amides is 6. The molecule has 0 unspecified atom stereocenters. The van der Waals surface area contributed by atoms with Crippen LogP contribution in [0.1, 0.15) is 44.1 Å². The highest BCUT2D eigenvalue weighted by Crippen LogP contribution is 2.21. The Morgan fingerprint density at radius 2 is 1.49 bits per heavy atom. The number of benzene rings is 1. The van der Waals surface area contributed by atoms with E-state index in [1.807, 2.05) is 0 Å². The number of aliphatic carboxylic acids is 1. The zero-order chi connectivity index (χ0) is 34.5. The minimum atomic E-state index is -1.54. The van der Waals surface area contributed by atoms with Crippen molar-refractivity contribution in [2.45, 2.75) is 81.3 Å². The molecule has 2 aliphatic rings. The molecule has 10 N–H and O–H groups in total. The van der Waals surface area contributed by atoms with E-state index in [9.17, 15) is 48.9 Å². The number of unbranched alkanes of at least 4 members (excludes halogenated alkanes) is 1. The second-order valence-electron chi connectivity index (χ2n) is 11.5. The summed E-state index contributed by atoms with van der Waals surface area (Å²) in [6, 6.07) is 1.93. The Bertz CT molecular complexity index is 1300. The molecule has 6 amide bonds. The summed E-state index contributed by atoms with van der Waals surface area (Å²) >= 11 is 0. The molecular weight excluding hydrogens is 618 g/mol. The first kappa shape index (κ1) is 36.9. The minimum absolute atomic E-state index is 0.0111. The molecule has 3 rings (SSSR count). The molecule has 1 aromatic rings. The Hall–Kier alpha value is -4.61. The Labute approximate surface area is 271 Å². The summed E-state index contributed by atoms with van der Waals surface area (Å²) in [5.74, 6) is -6.25. The molecule has 1 aromatic carbocycles. The molecule has 2 heterocycles. The van der Waals surface area contributed by atoms with Gasteiger partial charge in [-0.2, -0.15) is 0 Å². The second kappa shape index (κ2) is 17.9. The highest BCUT2D eigenvalue weighted by molar-refractivity contribution is 5.98. The second-order valence-corrected chi connectivity index (χ2v) is 11.5. The number of hydrogen-bond donors (Lipinski definition) is 9. The number of carboxylic acid groups (broad SMARTS) is 1. The van der Waals surface area contributed by atoms with Crippen molar-refractivity contribution in [1.29, 1.82) is 0 Å². The normalized spacial score (nSPS) is 26.6. The monoisotopic (exact) mass is 661 g/mol. The third-order valence-electron chi connectivity index (χ3n) is 7.88. The molecule has 0 spiro atoms. The van der Waals surface area contributed by atoms with Crippen LogP contribution < -0.4 is 32.3 Å². The molecule has 2 aliphatic heterocycles. The van der Waals surface area contributed by atoms with E-state index in [2.05, 4.69) is 26.6 Å². The number of carboxylic acids is 1. The van der Waals surface area contributed by atoms with Crippen molar-refractivity contribution in [1.82, 2.24) is 31.5 Å². The molecule has 2 saturated heterocycles. The van der Waals surface area contributed by atoms with E-state index in [0.717, 1.165) is 4.90 Å². The lowest BCUT2D eigenvalue weighted by Gasteiger charge is -2.30. The van der Waals surface area contributed by atoms with Gasteiger partial charge in [0.15, 0.2) is 0 Å². The summed E-state index contributed by atoms with van der Waals surface area (Å²) in [6.45, 7) is -1.52. The number of rotatable bonds is 10. The van der Waals surface area contributed by atoms with E-state index in [1.54, 1.807) is 30.3 Å².